The average Bonchev–Trinajstić information content (AvgIpc) is 2.90. The molecule has 4 nitrogen and oxygen atoms in total. The number of amides is 1. The summed E-state index contributed by atoms with van der Waals surface area (Å²) in [7, 11) is 1.68. The number of carbonyl (C=O) groups is 1. The summed E-state index contributed by atoms with van der Waals surface area (Å²) in [6, 6.07) is 16.1. The Labute approximate surface area is 141 Å². The molecular weight excluding hydrogens is 300 g/mol. The van der Waals surface area contributed by atoms with Crippen LogP contribution in [0.2, 0.25) is 0 Å². The van der Waals surface area contributed by atoms with Gasteiger partial charge < -0.3 is 15.0 Å². The van der Waals surface area contributed by atoms with Gasteiger partial charge in [-0.25, -0.2) is 0 Å². The lowest BCUT2D eigenvalue weighted by molar-refractivity contribution is -0.120. The van der Waals surface area contributed by atoms with E-state index in [-0.39, 0.29) is 5.91 Å². The van der Waals surface area contributed by atoms with Gasteiger partial charge in [0, 0.05) is 30.3 Å². The summed E-state index contributed by atoms with van der Waals surface area (Å²) in [5.74, 6) is 0.0232. The van der Waals surface area contributed by atoms with Crippen LogP contribution in [0.25, 0.3) is 10.9 Å². The van der Waals surface area contributed by atoms with E-state index in [0.29, 0.717) is 19.6 Å². The van der Waals surface area contributed by atoms with Gasteiger partial charge in [0.1, 0.15) is 0 Å². The largest absolute Gasteiger partial charge is 0.380 e. The van der Waals surface area contributed by atoms with E-state index in [1.54, 1.807) is 7.11 Å². The molecule has 4 heteroatoms. The number of hydrogen-bond acceptors (Lipinski definition) is 2. The van der Waals surface area contributed by atoms with Gasteiger partial charge in [-0.2, -0.15) is 0 Å². The number of aromatic nitrogens is 1. The Morgan fingerprint density at radius 2 is 1.79 bits per heavy atom. The summed E-state index contributed by atoms with van der Waals surface area (Å²) in [5, 5.41) is 4.14. The quantitative estimate of drug-likeness (QED) is 0.730. The first-order valence-electron chi connectivity index (χ1n) is 8.07. The molecule has 2 N–H and O–H groups in total. The summed E-state index contributed by atoms with van der Waals surface area (Å²) in [4.78, 5) is 15.7. The van der Waals surface area contributed by atoms with Gasteiger partial charge in [0.05, 0.1) is 13.0 Å². The molecule has 0 unspecified atom stereocenters. The Balaban J connectivity index is 1.69. The van der Waals surface area contributed by atoms with Crippen LogP contribution < -0.4 is 5.32 Å². The first-order valence-corrected chi connectivity index (χ1v) is 8.07. The van der Waals surface area contributed by atoms with E-state index in [2.05, 4.69) is 16.4 Å². The fourth-order valence-electron chi connectivity index (χ4n) is 3.01. The first kappa shape index (κ1) is 16.3. The molecule has 0 aliphatic heterocycles. The summed E-state index contributed by atoms with van der Waals surface area (Å²) < 4.78 is 5.21. The fraction of sp³-hybridized carbons (Fsp3) is 0.250. The SMILES string of the molecule is COCc1ccccc1CNC(=O)Cc1c(C)[nH]c2ccccc12. The Hall–Kier alpha value is -2.59. The van der Waals surface area contributed by atoms with Crippen LogP contribution >= 0.6 is 0 Å². The number of aromatic amines is 1. The molecule has 0 atom stereocenters. The van der Waals surface area contributed by atoms with E-state index in [4.69, 9.17) is 4.74 Å². The molecule has 0 spiro atoms. The summed E-state index contributed by atoms with van der Waals surface area (Å²) in [6.07, 6.45) is 0.377. The lowest BCUT2D eigenvalue weighted by Gasteiger charge is -2.10. The van der Waals surface area contributed by atoms with Crippen molar-refractivity contribution in [2.75, 3.05) is 7.11 Å². The number of H-pyrrole nitrogens is 1. The number of aryl methyl sites for hydroxylation is 1. The van der Waals surface area contributed by atoms with Gasteiger partial charge in [-0.15, -0.1) is 0 Å². The molecule has 24 heavy (non-hydrogen) atoms. The second-order valence-corrected chi connectivity index (χ2v) is 5.93. The highest BCUT2D eigenvalue weighted by Gasteiger charge is 2.12. The average molecular weight is 322 g/mol. The molecule has 0 fully saturated rings. The van der Waals surface area contributed by atoms with E-state index in [1.807, 2.05) is 49.4 Å². The first-order chi connectivity index (χ1) is 11.7. The summed E-state index contributed by atoms with van der Waals surface area (Å²) >= 11 is 0. The molecule has 1 amide bonds. The molecule has 124 valence electrons. The van der Waals surface area contributed by atoms with Gasteiger partial charge in [0.25, 0.3) is 0 Å². The smallest absolute Gasteiger partial charge is 0.224 e. The predicted molar refractivity (Wildman–Crippen MR) is 95.7 cm³/mol. The molecule has 0 aliphatic rings. The monoisotopic (exact) mass is 322 g/mol. The molecule has 0 saturated carbocycles. The van der Waals surface area contributed by atoms with Crippen molar-refractivity contribution in [3.63, 3.8) is 0 Å². The summed E-state index contributed by atoms with van der Waals surface area (Å²) in [6.45, 7) is 3.07. The number of benzene rings is 2. The van der Waals surface area contributed by atoms with Crippen molar-refractivity contribution in [2.24, 2.45) is 0 Å². The summed E-state index contributed by atoms with van der Waals surface area (Å²) in [5.41, 5.74) is 5.37. The maximum atomic E-state index is 12.4. The van der Waals surface area contributed by atoms with Crippen LogP contribution in [0, 0.1) is 6.92 Å². The number of methoxy groups -OCH3 is 1. The van der Waals surface area contributed by atoms with Gasteiger partial charge in [-0.05, 0) is 29.7 Å². The number of para-hydroxylation sites is 1. The number of fused-ring (bicyclic) bond motifs is 1. The normalized spacial score (nSPS) is 10.9. The van der Waals surface area contributed by atoms with Crippen LogP contribution in [0.1, 0.15) is 22.4 Å². The van der Waals surface area contributed by atoms with Crippen LogP contribution in [0.4, 0.5) is 0 Å². The van der Waals surface area contributed by atoms with Crippen LogP contribution in [-0.2, 0) is 29.1 Å². The molecule has 1 heterocycles. The van der Waals surface area contributed by atoms with Gasteiger partial charge in [-0.3, -0.25) is 4.79 Å². The fourth-order valence-corrected chi connectivity index (χ4v) is 3.01. The van der Waals surface area contributed by atoms with E-state index < -0.39 is 0 Å². The molecular formula is C20H22N2O2. The van der Waals surface area contributed by atoms with Crippen molar-refractivity contribution in [2.45, 2.75) is 26.5 Å². The predicted octanol–water partition coefficient (Wildman–Crippen LogP) is 3.48. The molecule has 0 bridgehead atoms. The van der Waals surface area contributed by atoms with Crippen LogP contribution in [0.15, 0.2) is 48.5 Å². The third kappa shape index (κ3) is 3.49. The Morgan fingerprint density at radius 3 is 2.58 bits per heavy atom. The van der Waals surface area contributed by atoms with Crippen molar-refractivity contribution >= 4 is 16.8 Å². The highest BCUT2D eigenvalue weighted by atomic mass is 16.5. The van der Waals surface area contributed by atoms with E-state index in [9.17, 15) is 4.79 Å². The van der Waals surface area contributed by atoms with Gasteiger partial charge in [0.2, 0.25) is 5.91 Å². The van der Waals surface area contributed by atoms with Crippen molar-refractivity contribution in [1.29, 1.82) is 0 Å². The van der Waals surface area contributed by atoms with Crippen LogP contribution in [0.5, 0.6) is 0 Å². The molecule has 0 radical (unpaired) electrons. The highest BCUT2D eigenvalue weighted by molar-refractivity contribution is 5.90. The van der Waals surface area contributed by atoms with Gasteiger partial charge in [0.15, 0.2) is 0 Å². The zero-order valence-corrected chi connectivity index (χ0v) is 14.1. The highest BCUT2D eigenvalue weighted by Crippen LogP contribution is 2.22. The van der Waals surface area contributed by atoms with Gasteiger partial charge >= 0.3 is 0 Å². The van der Waals surface area contributed by atoms with E-state index >= 15 is 0 Å². The third-order valence-electron chi connectivity index (χ3n) is 4.26. The topological polar surface area (TPSA) is 54.1 Å². The standard InChI is InChI=1S/C20H22N2O2/c1-14-18(17-9-5-6-10-19(17)22-14)11-20(23)21-12-15-7-3-4-8-16(15)13-24-2/h3-10,22H,11-13H2,1-2H3,(H,21,23). The molecule has 0 saturated heterocycles. The Kier molecular flexibility index (Phi) is 4.96. The molecule has 2 aromatic carbocycles. The minimum Gasteiger partial charge on any atom is -0.380 e. The van der Waals surface area contributed by atoms with Gasteiger partial charge in [-0.1, -0.05) is 42.5 Å². The number of ether oxygens (including phenoxy) is 1. The van der Waals surface area contributed by atoms with Crippen molar-refractivity contribution in [3.05, 3.63) is 70.9 Å². The lowest BCUT2D eigenvalue weighted by Crippen LogP contribution is -2.25. The Bertz CT molecular complexity index is 852. The zero-order valence-electron chi connectivity index (χ0n) is 14.1. The second kappa shape index (κ2) is 7.32. The third-order valence-corrected chi connectivity index (χ3v) is 4.26. The molecule has 1 aromatic heterocycles. The van der Waals surface area contributed by atoms with E-state index in [1.165, 1.54) is 0 Å². The number of carbonyl (C=O) groups excluding carboxylic acids is 1. The van der Waals surface area contributed by atoms with Crippen LogP contribution in [-0.4, -0.2) is 18.0 Å². The minimum atomic E-state index is 0.0232. The van der Waals surface area contributed by atoms with Crippen molar-refractivity contribution in [3.8, 4) is 0 Å². The zero-order chi connectivity index (χ0) is 16.9. The Morgan fingerprint density at radius 1 is 1.08 bits per heavy atom. The molecule has 0 aliphatic carbocycles. The molecule has 3 aromatic rings. The lowest BCUT2D eigenvalue weighted by atomic mass is 10.1. The maximum absolute atomic E-state index is 12.4. The van der Waals surface area contributed by atoms with Crippen molar-refractivity contribution in [1.82, 2.24) is 10.3 Å². The van der Waals surface area contributed by atoms with Crippen LogP contribution in [0.3, 0.4) is 0 Å². The number of rotatable bonds is 6. The molecule has 3 rings (SSSR count). The maximum Gasteiger partial charge on any atom is 0.224 e. The number of nitrogens with one attached hydrogen (secondary N) is 2. The van der Waals surface area contributed by atoms with Crippen molar-refractivity contribution < 1.29 is 9.53 Å². The number of hydrogen-bond donors (Lipinski definition) is 2. The van der Waals surface area contributed by atoms with E-state index in [0.717, 1.165) is 33.3 Å². The second-order valence-electron chi connectivity index (χ2n) is 5.93. The minimum absolute atomic E-state index is 0.0232.